The van der Waals surface area contributed by atoms with E-state index in [1.807, 2.05) is 19.1 Å². The van der Waals surface area contributed by atoms with Crippen LogP contribution in [0.4, 0.5) is 15.9 Å². The first-order chi connectivity index (χ1) is 17.2. The van der Waals surface area contributed by atoms with Gasteiger partial charge in [-0.25, -0.2) is 4.39 Å². The average molecular weight is 524 g/mol. The number of carbonyl (C=O) groups excluding carboxylic acids is 2. The second kappa shape index (κ2) is 11.7. The summed E-state index contributed by atoms with van der Waals surface area (Å²) in [6, 6.07) is 15.9. The Morgan fingerprint density at radius 3 is 2.49 bits per heavy atom. The smallest absolute Gasteiger partial charge is 0.321 e. The minimum atomic E-state index is -1.32. The third-order valence-electron chi connectivity index (χ3n) is 5.60. The van der Waals surface area contributed by atoms with Gasteiger partial charge in [0.1, 0.15) is 11.9 Å². The number of carboxylic acid groups (broad SMARTS) is 1. The van der Waals surface area contributed by atoms with E-state index in [1.54, 1.807) is 42.5 Å². The number of hydrogen-bond donors (Lipinski definition) is 5. The van der Waals surface area contributed by atoms with E-state index >= 15 is 0 Å². The maximum absolute atomic E-state index is 14.0. The molecular weight excluding hydrogens is 497 g/mol. The molecule has 37 heavy (non-hydrogen) atoms. The highest BCUT2D eigenvalue weighted by Crippen LogP contribution is 2.33. The van der Waals surface area contributed by atoms with Gasteiger partial charge in [-0.1, -0.05) is 42.0 Å². The number of H-pyrrole nitrogens is 1. The van der Waals surface area contributed by atoms with Crippen molar-refractivity contribution in [2.24, 2.45) is 5.73 Å². The number of aromatic amines is 1. The second-order valence-corrected chi connectivity index (χ2v) is 8.39. The van der Waals surface area contributed by atoms with Crippen molar-refractivity contribution < 1.29 is 23.9 Å². The molecule has 3 aromatic carbocycles. The number of nitrogens with zero attached hydrogens (tertiary/aromatic N) is 1. The van der Waals surface area contributed by atoms with Gasteiger partial charge in [0.2, 0.25) is 11.8 Å². The first-order valence-electron chi connectivity index (χ1n) is 11.1. The second-order valence-electron chi connectivity index (χ2n) is 8.39. The molecule has 0 saturated carbocycles. The van der Waals surface area contributed by atoms with Crippen molar-refractivity contribution in [1.29, 1.82) is 0 Å². The number of rotatable bonds is 8. The summed E-state index contributed by atoms with van der Waals surface area (Å²) < 4.78 is 14.0. The van der Waals surface area contributed by atoms with E-state index in [9.17, 15) is 18.8 Å². The topological polar surface area (TPSA) is 150 Å². The number of hydrogen-bond acceptors (Lipinski definition) is 5. The summed E-state index contributed by atoms with van der Waals surface area (Å²) in [7, 11) is 0. The lowest BCUT2D eigenvalue weighted by molar-refractivity contribution is -0.140. The molecule has 192 valence electrons. The summed E-state index contributed by atoms with van der Waals surface area (Å²) in [5.74, 6) is -2.35. The number of fused-ring (bicyclic) bond motifs is 1. The van der Waals surface area contributed by atoms with Crippen molar-refractivity contribution in [2.75, 3.05) is 10.6 Å². The molecule has 0 unspecified atom stereocenters. The number of aliphatic carboxylic acids is 1. The Morgan fingerprint density at radius 1 is 1.05 bits per heavy atom. The molecule has 1 aromatic heterocycles. The van der Waals surface area contributed by atoms with Crippen LogP contribution in [0.3, 0.4) is 0 Å². The van der Waals surface area contributed by atoms with Crippen LogP contribution in [-0.4, -0.2) is 39.1 Å². The molecule has 0 radical (unpaired) electrons. The minimum absolute atomic E-state index is 0. The Morgan fingerprint density at radius 2 is 1.78 bits per heavy atom. The number of amides is 2. The van der Waals surface area contributed by atoms with Crippen molar-refractivity contribution in [3.8, 4) is 11.1 Å². The van der Waals surface area contributed by atoms with Gasteiger partial charge < -0.3 is 21.5 Å². The van der Waals surface area contributed by atoms with Gasteiger partial charge >= 0.3 is 5.97 Å². The highest BCUT2D eigenvalue weighted by atomic mass is 32.1. The minimum Gasteiger partial charge on any atom is -0.480 e. The van der Waals surface area contributed by atoms with Crippen LogP contribution in [0.1, 0.15) is 17.5 Å². The summed E-state index contributed by atoms with van der Waals surface area (Å²) >= 11 is 0. The van der Waals surface area contributed by atoms with Crippen molar-refractivity contribution in [1.82, 2.24) is 10.2 Å². The van der Waals surface area contributed by atoms with Gasteiger partial charge in [0.15, 0.2) is 5.82 Å². The van der Waals surface area contributed by atoms with Crippen LogP contribution in [0.2, 0.25) is 0 Å². The van der Waals surface area contributed by atoms with E-state index in [1.165, 1.54) is 6.07 Å². The molecule has 11 heteroatoms. The van der Waals surface area contributed by atoms with Gasteiger partial charge in [0, 0.05) is 5.69 Å². The number of carboxylic acids is 1. The van der Waals surface area contributed by atoms with Crippen molar-refractivity contribution in [3.05, 3.63) is 77.6 Å². The molecule has 0 aliphatic heterocycles. The molecule has 9 nitrogen and oxygen atoms in total. The summed E-state index contributed by atoms with van der Waals surface area (Å²) in [6.07, 6.45) is -0.481. The van der Waals surface area contributed by atoms with Gasteiger partial charge in [-0.3, -0.25) is 19.5 Å². The number of benzene rings is 3. The normalized spacial score (nSPS) is 11.4. The standard InChI is InChI=1S/C26H24FN5O4.H2S/c1-14-5-10-19(27)16(11-14)12-22(33)29-17-8-6-15(7-9-17)18-3-2-4-21-24(18)25(32-31-21)30-23(34)13-20(28)26(35)36;/h2-11,20H,12-13,28H2,1H3,(H,29,33)(H,35,36)(H2,30,31,32,34);1H2/t20-;/m0./s1. The highest BCUT2D eigenvalue weighted by Gasteiger charge is 2.19. The van der Waals surface area contributed by atoms with Crippen LogP contribution >= 0.6 is 13.5 Å². The quantitative estimate of drug-likeness (QED) is 0.238. The zero-order valence-corrected chi connectivity index (χ0v) is 20.8. The van der Waals surface area contributed by atoms with Gasteiger partial charge in [-0.05, 0) is 47.9 Å². The Labute approximate surface area is 218 Å². The van der Waals surface area contributed by atoms with Crippen LogP contribution in [0, 0.1) is 12.7 Å². The van der Waals surface area contributed by atoms with E-state index in [-0.39, 0.29) is 31.6 Å². The van der Waals surface area contributed by atoms with E-state index in [2.05, 4.69) is 20.8 Å². The molecule has 6 N–H and O–H groups in total. The van der Waals surface area contributed by atoms with Crippen molar-refractivity contribution in [2.45, 2.75) is 25.8 Å². The molecule has 0 saturated heterocycles. The van der Waals surface area contributed by atoms with Crippen molar-refractivity contribution >= 4 is 53.7 Å². The number of anilines is 2. The summed E-state index contributed by atoms with van der Waals surface area (Å²) in [5, 5.41) is 22.0. The lowest BCUT2D eigenvalue weighted by atomic mass is 10.0. The Hall–Kier alpha value is -4.22. The molecule has 0 spiro atoms. The van der Waals surface area contributed by atoms with Gasteiger partial charge in [-0.15, -0.1) is 0 Å². The van der Waals surface area contributed by atoms with Crippen LogP contribution in [0.25, 0.3) is 22.0 Å². The Kier molecular flexibility index (Phi) is 8.64. The van der Waals surface area contributed by atoms with Gasteiger partial charge in [0.05, 0.1) is 23.7 Å². The number of aromatic nitrogens is 2. The summed E-state index contributed by atoms with van der Waals surface area (Å²) in [6.45, 7) is 1.84. The first kappa shape index (κ1) is 27.4. The van der Waals surface area contributed by atoms with Gasteiger partial charge in [0.25, 0.3) is 0 Å². The largest absolute Gasteiger partial charge is 0.480 e. The number of nitrogens with two attached hydrogens (primary N) is 1. The van der Waals surface area contributed by atoms with Crippen LogP contribution in [0.5, 0.6) is 0 Å². The van der Waals surface area contributed by atoms with E-state index in [0.29, 0.717) is 22.2 Å². The zero-order valence-electron chi connectivity index (χ0n) is 19.8. The monoisotopic (exact) mass is 523 g/mol. The van der Waals surface area contributed by atoms with E-state index in [4.69, 9.17) is 10.8 Å². The average Bonchev–Trinajstić information content (AvgIpc) is 3.24. The molecule has 4 rings (SSSR count). The van der Waals surface area contributed by atoms with Crippen LogP contribution < -0.4 is 16.4 Å². The molecule has 0 aliphatic carbocycles. The Balaban J connectivity index is 0.00000380. The first-order valence-corrected chi connectivity index (χ1v) is 11.1. The van der Waals surface area contributed by atoms with Crippen molar-refractivity contribution in [3.63, 3.8) is 0 Å². The molecule has 0 fully saturated rings. The SMILES string of the molecule is Cc1ccc(F)c(CC(=O)Nc2ccc(-c3cccc4[nH]nc(NC(=O)C[C@H](N)C(=O)O)c34)cc2)c1.S. The molecule has 0 aliphatic rings. The third-order valence-corrected chi connectivity index (χ3v) is 5.60. The summed E-state index contributed by atoms with van der Waals surface area (Å²) in [4.78, 5) is 35.6. The van der Waals surface area contributed by atoms with Crippen LogP contribution in [-0.2, 0) is 20.8 Å². The Bertz CT molecular complexity index is 1460. The van der Waals surface area contributed by atoms with Crippen LogP contribution in [0.15, 0.2) is 60.7 Å². The lowest BCUT2D eigenvalue weighted by Crippen LogP contribution is -2.34. The number of halogens is 1. The van der Waals surface area contributed by atoms with E-state index < -0.39 is 30.2 Å². The predicted molar refractivity (Wildman–Crippen MR) is 144 cm³/mol. The fraction of sp³-hybridized carbons (Fsp3) is 0.154. The summed E-state index contributed by atoms with van der Waals surface area (Å²) in [5.41, 5.74) is 9.42. The fourth-order valence-electron chi connectivity index (χ4n) is 3.82. The third kappa shape index (κ3) is 6.51. The molecule has 2 amide bonds. The van der Waals surface area contributed by atoms with E-state index in [0.717, 1.165) is 16.7 Å². The lowest BCUT2D eigenvalue weighted by Gasteiger charge is -2.10. The maximum Gasteiger partial charge on any atom is 0.321 e. The highest BCUT2D eigenvalue weighted by molar-refractivity contribution is 7.59. The maximum atomic E-state index is 14.0. The molecule has 1 atom stereocenters. The molecule has 0 bridgehead atoms. The number of carbonyl (C=O) groups is 3. The predicted octanol–water partition coefficient (Wildman–Crippen LogP) is 3.71. The number of nitrogens with one attached hydrogen (secondary N) is 3. The zero-order chi connectivity index (χ0) is 25.8. The molecule has 4 aromatic rings. The fourth-order valence-corrected chi connectivity index (χ4v) is 3.82. The van der Waals surface area contributed by atoms with Gasteiger partial charge in [-0.2, -0.15) is 18.6 Å². The number of aryl methyl sites for hydroxylation is 1. The molecular formula is C26H26FN5O4S. The molecule has 1 heterocycles.